The van der Waals surface area contributed by atoms with E-state index in [2.05, 4.69) is 0 Å². The van der Waals surface area contributed by atoms with Gasteiger partial charge in [0.25, 0.3) is 0 Å². The van der Waals surface area contributed by atoms with Crippen LogP contribution in [0.1, 0.15) is 13.3 Å². The maximum Gasteiger partial charge on any atom is 0.321 e. The summed E-state index contributed by atoms with van der Waals surface area (Å²) < 4.78 is 0. The summed E-state index contributed by atoms with van der Waals surface area (Å²) in [7, 11) is 0. The Kier molecular flexibility index (Phi) is 5.82. The third-order valence-corrected chi connectivity index (χ3v) is 1.87. The molecule has 1 atom stereocenters. The molecule has 3 N–H and O–H groups in total. The van der Waals surface area contributed by atoms with E-state index >= 15 is 0 Å². The Labute approximate surface area is 81.8 Å². The van der Waals surface area contributed by atoms with Gasteiger partial charge in [0.1, 0.15) is 6.04 Å². The van der Waals surface area contributed by atoms with Gasteiger partial charge in [-0.1, -0.05) is 6.92 Å². The van der Waals surface area contributed by atoms with E-state index in [0.29, 0.717) is 6.54 Å². The van der Waals surface area contributed by atoms with Crippen LogP contribution in [0.2, 0.25) is 0 Å². The maximum atomic E-state index is 10.7. The maximum absolute atomic E-state index is 10.7. The molecule has 6 heteroatoms. The first-order valence-electron chi connectivity index (χ1n) is 4.32. The summed E-state index contributed by atoms with van der Waals surface area (Å²) in [6, 6.07) is -0.930. The van der Waals surface area contributed by atoms with Crippen LogP contribution in [-0.4, -0.2) is 57.9 Å². The molecule has 1 unspecified atom stereocenters. The quantitative estimate of drug-likeness (QED) is 0.504. The van der Waals surface area contributed by atoms with E-state index in [-0.39, 0.29) is 19.6 Å². The Morgan fingerprint density at radius 2 is 1.93 bits per heavy atom. The Hall–Kier alpha value is -1.14. The molecule has 0 bridgehead atoms. The fraction of sp³-hybridized carbons (Fsp3) is 0.750. The number of carbonyl (C=O) groups is 2. The zero-order valence-corrected chi connectivity index (χ0v) is 8.01. The van der Waals surface area contributed by atoms with Crippen LogP contribution >= 0.6 is 0 Å². The molecule has 0 spiro atoms. The second-order valence-electron chi connectivity index (χ2n) is 2.82. The third-order valence-electron chi connectivity index (χ3n) is 1.87. The molecule has 6 nitrogen and oxygen atoms in total. The first-order chi connectivity index (χ1) is 6.52. The van der Waals surface area contributed by atoms with Crippen LogP contribution in [0.5, 0.6) is 0 Å². The number of hydrogen-bond donors (Lipinski definition) is 3. The highest BCUT2D eigenvalue weighted by atomic mass is 16.4. The lowest BCUT2D eigenvalue weighted by Crippen LogP contribution is -2.44. The van der Waals surface area contributed by atoms with Crippen LogP contribution in [0.3, 0.4) is 0 Å². The van der Waals surface area contributed by atoms with Crippen LogP contribution in [-0.2, 0) is 9.59 Å². The summed E-state index contributed by atoms with van der Waals surface area (Å²) in [4.78, 5) is 22.4. The highest BCUT2D eigenvalue weighted by Gasteiger charge is 2.25. The smallest absolute Gasteiger partial charge is 0.321 e. The predicted molar refractivity (Wildman–Crippen MR) is 48.0 cm³/mol. The van der Waals surface area contributed by atoms with Crippen LogP contribution in [0, 0.1) is 0 Å². The highest BCUT2D eigenvalue weighted by molar-refractivity contribution is 5.75. The standard InChI is InChI=1S/C8H15NO5/c1-2-9(5-7(11)12)6(3-4-10)8(13)14/h6,10H,2-5H2,1H3,(H,11,12)(H,13,14). The van der Waals surface area contributed by atoms with Crippen LogP contribution in [0.4, 0.5) is 0 Å². The minimum atomic E-state index is -1.11. The molecule has 0 heterocycles. The minimum Gasteiger partial charge on any atom is -0.480 e. The summed E-state index contributed by atoms with van der Waals surface area (Å²) in [5.74, 6) is -2.18. The fourth-order valence-electron chi connectivity index (χ4n) is 1.20. The molecule has 0 rings (SSSR count). The summed E-state index contributed by atoms with van der Waals surface area (Å²) in [5, 5.41) is 25.9. The van der Waals surface area contributed by atoms with Gasteiger partial charge in [0.15, 0.2) is 0 Å². The van der Waals surface area contributed by atoms with Gasteiger partial charge in [-0.05, 0) is 13.0 Å². The molecule has 0 amide bonds. The van der Waals surface area contributed by atoms with Gasteiger partial charge in [-0.15, -0.1) is 0 Å². The molecule has 0 radical (unpaired) electrons. The van der Waals surface area contributed by atoms with Gasteiger partial charge in [-0.2, -0.15) is 0 Å². The summed E-state index contributed by atoms with van der Waals surface area (Å²) in [6.45, 7) is 1.40. The van der Waals surface area contributed by atoms with E-state index in [4.69, 9.17) is 15.3 Å². The molecule has 0 saturated heterocycles. The lowest BCUT2D eigenvalue weighted by molar-refractivity contribution is -0.146. The Balaban J connectivity index is 4.40. The van der Waals surface area contributed by atoms with Crippen molar-refractivity contribution in [1.29, 1.82) is 0 Å². The van der Waals surface area contributed by atoms with Crippen LogP contribution < -0.4 is 0 Å². The molecule has 0 aliphatic rings. The number of nitrogens with zero attached hydrogens (tertiary/aromatic N) is 1. The number of carboxylic acids is 2. The number of aliphatic hydroxyl groups is 1. The van der Waals surface area contributed by atoms with E-state index in [9.17, 15) is 9.59 Å². The van der Waals surface area contributed by atoms with Gasteiger partial charge in [0.05, 0.1) is 6.54 Å². The molecule has 0 fully saturated rings. The topological polar surface area (TPSA) is 98.1 Å². The van der Waals surface area contributed by atoms with Crippen molar-refractivity contribution < 1.29 is 24.9 Å². The first kappa shape index (κ1) is 12.9. The van der Waals surface area contributed by atoms with E-state index in [1.54, 1.807) is 6.92 Å². The summed E-state index contributed by atoms with van der Waals surface area (Å²) >= 11 is 0. The zero-order valence-electron chi connectivity index (χ0n) is 8.01. The molecular weight excluding hydrogens is 190 g/mol. The Morgan fingerprint density at radius 3 is 2.21 bits per heavy atom. The average molecular weight is 205 g/mol. The van der Waals surface area contributed by atoms with Crippen molar-refractivity contribution in [2.45, 2.75) is 19.4 Å². The lowest BCUT2D eigenvalue weighted by atomic mass is 10.2. The van der Waals surface area contributed by atoms with Crippen LogP contribution in [0.15, 0.2) is 0 Å². The third kappa shape index (κ3) is 4.20. The minimum absolute atomic E-state index is 0.0381. The van der Waals surface area contributed by atoms with Crippen molar-refractivity contribution in [2.75, 3.05) is 19.7 Å². The van der Waals surface area contributed by atoms with Crippen molar-refractivity contribution in [2.24, 2.45) is 0 Å². The molecule has 0 saturated carbocycles. The number of aliphatic hydroxyl groups excluding tert-OH is 1. The largest absolute Gasteiger partial charge is 0.480 e. The van der Waals surface area contributed by atoms with Crippen molar-refractivity contribution in [3.8, 4) is 0 Å². The number of hydrogen-bond acceptors (Lipinski definition) is 4. The SMILES string of the molecule is CCN(CC(=O)O)C(CCO)C(=O)O. The van der Waals surface area contributed by atoms with Gasteiger partial charge in [-0.3, -0.25) is 14.5 Å². The summed E-state index contributed by atoms with van der Waals surface area (Å²) in [5.41, 5.74) is 0. The lowest BCUT2D eigenvalue weighted by Gasteiger charge is -2.25. The molecule has 0 aliphatic carbocycles. The van der Waals surface area contributed by atoms with E-state index in [1.165, 1.54) is 4.90 Å². The molecule has 0 aliphatic heterocycles. The molecule has 14 heavy (non-hydrogen) atoms. The monoisotopic (exact) mass is 205 g/mol. The van der Waals surface area contributed by atoms with E-state index < -0.39 is 18.0 Å². The van der Waals surface area contributed by atoms with Crippen molar-refractivity contribution in [3.05, 3.63) is 0 Å². The van der Waals surface area contributed by atoms with E-state index in [0.717, 1.165) is 0 Å². The predicted octanol–water partition coefficient (Wildman–Crippen LogP) is -0.771. The average Bonchev–Trinajstić information content (AvgIpc) is 2.10. The fourth-order valence-corrected chi connectivity index (χ4v) is 1.20. The Morgan fingerprint density at radius 1 is 1.36 bits per heavy atom. The van der Waals surface area contributed by atoms with Gasteiger partial charge >= 0.3 is 11.9 Å². The van der Waals surface area contributed by atoms with Crippen LogP contribution in [0.25, 0.3) is 0 Å². The van der Waals surface area contributed by atoms with E-state index in [1.807, 2.05) is 0 Å². The second kappa shape index (κ2) is 6.33. The normalized spacial score (nSPS) is 12.8. The zero-order chi connectivity index (χ0) is 11.1. The van der Waals surface area contributed by atoms with Crippen molar-refractivity contribution in [1.82, 2.24) is 4.90 Å². The first-order valence-corrected chi connectivity index (χ1v) is 4.32. The molecule has 82 valence electrons. The number of likely N-dealkylation sites (N-methyl/N-ethyl adjacent to an activating group) is 1. The molecular formula is C8H15NO5. The molecule has 0 aromatic rings. The number of aliphatic carboxylic acids is 2. The molecule has 0 aromatic carbocycles. The van der Waals surface area contributed by atoms with Crippen molar-refractivity contribution >= 4 is 11.9 Å². The second-order valence-corrected chi connectivity index (χ2v) is 2.82. The van der Waals surface area contributed by atoms with Gasteiger partial charge in [-0.25, -0.2) is 0 Å². The number of carboxylic acid groups (broad SMARTS) is 2. The summed E-state index contributed by atoms with van der Waals surface area (Å²) in [6.07, 6.45) is 0.0381. The van der Waals surface area contributed by atoms with Gasteiger partial charge < -0.3 is 15.3 Å². The molecule has 0 aromatic heterocycles. The van der Waals surface area contributed by atoms with Gasteiger partial charge in [0.2, 0.25) is 0 Å². The Bertz CT molecular complexity index is 206. The highest BCUT2D eigenvalue weighted by Crippen LogP contribution is 2.04. The van der Waals surface area contributed by atoms with Gasteiger partial charge in [0, 0.05) is 6.61 Å². The van der Waals surface area contributed by atoms with Crippen molar-refractivity contribution in [3.63, 3.8) is 0 Å². The number of rotatable bonds is 7.